The van der Waals surface area contributed by atoms with Crippen LogP contribution in [0.25, 0.3) is 11.1 Å². The molecule has 1 aliphatic carbocycles. The molecule has 0 heterocycles. The molecule has 5 nitrogen and oxygen atoms in total. The monoisotopic (exact) mass is 398 g/mol. The van der Waals surface area contributed by atoms with Gasteiger partial charge in [0.25, 0.3) is 11.8 Å². The van der Waals surface area contributed by atoms with Crippen molar-refractivity contribution in [3.8, 4) is 16.9 Å². The third kappa shape index (κ3) is 5.13. The molecule has 0 radical (unpaired) electrons. The van der Waals surface area contributed by atoms with Gasteiger partial charge in [0.05, 0.1) is 0 Å². The molecule has 0 bridgehead atoms. The number of hydrogen-bond acceptors (Lipinski definition) is 3. The maximum atomic E-state index is 14.5. The van der Waals surface area contributed by atoms with Gasteiger partial charge in [0.1, 0.15) is 11.6 Å². The van der Waals surface area contributed by atoms with E-state index in [-0.39, 0.29) is 34.6 Å². The second-order valence-corrected chi connectivity index (χ2v) is 8.85. The lowest BCUT2D eigenvalue weighted by atomic mass is 9.95. The lowest BCUT2D eigenvalue weighted by Crippen LogP contribution is -2.32. The molecule has 154 valence electrons. The Morgan fingerprint density at radius 1 is 1.07 bits per heavy atom. The van der Waals surface area contributed by atoms with Gasteiger partial charge in [0, 0.05) is 29.3 Å². The first-order valence-electron chi connectivity index (χ1n) is 9.78. The molecule has 0 saturated heterocycles. The molecule has 2 aromatic carbocycles. The summed E-state index contributed by atoms with van der Waals surface area (Å²) in [5.41, 5.74) is 1.58. The summed E-state index contributed by atoms with van der Waals surface area (Å²) < 4.78 is 14.5. The largest absolute Gasteiger partial charge is 0.507 e. The predicted molar refractivity (Wildman–Crippen MR) is 111 cm³/mol. The fraction of sp³-hybridized carbons (Fsp3) is 0.391. The quantitative estimate of drug-likeness (QED) is 0.707. The number of carbonyl (C=O) groups is 2. The van der Waals surface area contributed by atoms with Crippen LogP contribution in [-0.4, -0.2) is 29.5 Å². The number of hydrogen-bond donors (Lipinski definition) is 3. The number of benzene rings is 2. The third-order valence-corrected chi connectivity index (χ3v) is 4.85. The second kappa shape index (κ2) is 7.85. The van der Waals surface area contributed by atoms with Crippen molar-refractivity contribution in [3.05, 3.63) is 52.8 Å². The highest BCUT2D eigenvalue weighted by molar-refractivity contribution is 5.97. The molecule has 2 aromatic rings. The average molecular weight is 398 g/mol. The van der Waals surface area contributed by atoms with Crippen molar-refractivity contribution in [1.29, 1.82) is 0 Å². The Morgan fingerprint density at radius 2 is 1.76 bits per heavy atom. The Balaban J connectivity index is 1.89. The smallest absolute Gasteiger partial charge is 0.251 e. The van der Waals surface area contributed by atoms with Gasteiger partial charge < -0.3 is 15.7 Å². The Hall–Kier alpha value is -2.89. The van der Waals surface area contributed by atoms with E-state index in [4.69, 9.17) is 0 Å². The minimum Gasteiger partial charge on any atom is -0.507 e. The minimum atomic E-state index is -0.519. The fourth-order valence-corrected chi connectivity index (χ4v) is 2.93. The molecule has 3 rings (SSSR count). The van der Waals surface area contributed by atoms with Crippen molar-refractivity contribution < 1.29 is 19.1 Å². The molecule has 29 heavy (non-hydrogen) atoms. The summed E-state index contributed by atoms with van der Waals surface area (Å²) in [4.78, 5) is 24.7. The van der Waals surface area contributed by atoms with E-state index in [1.807, 2.05) is 20.8 Å². The van der Waals surface area contributed by atoms with E-state index >= 15 is 0 Å². The molecule has 3 N–H and O–H groups in total. The molecule has 1 saturated carbocycles. The lowest BCUT2D eigenvalue weighted by Gasteiger charge is -2.19. The third-order valence-electron chi connectivity index (χ3n) is 4.85. The van der Waals surface area contributed by atoms with Gasteiger partial charge in [-0.15, -0.1) is 0 Å². The summed E-state index contributed by atoms with van der Waals surface area (Å²) >= 11 is 0. The van der Waals surface area contributed by atoms with Crippen molar-refractivity contribution in [3.63, 3.8) is 0 Å². The van der Waals surface area contributed by atoms with Crippen LogP contribution in [0.3, 0.4) is 0 Å². The zero-order valence-electron chi connectivity index (χ0n) is 17.2. The summed E-state index contributed by atoms with van der Waals surface area (Å²) in [7, 11) is 0. The number of rotatable bonds is 5. The van der Waals surface area contributed by atoms with Gasteiger partial charge in [-0.05, 0) is 66.6 Å². The highest BCUT2D eigenvalue weighted by atomic mass is 19.1. The van der Waals surface area contributed by atoms with Gasteiger partial charge in [-0.2, -0.15) is 0 Å². The molecule has 6 heteroatoms. The predicted octanol–water partition coefficient (Wildman–Crippen LogP) is 4.17. The van der Waals surface area contributed by atoms with Crippen LogP contribution in [0, 0.1) is 18.2 Å². The van der Waals surface area contributed by atoms with Gasteiger partial charge in [-0.1, -0.05) is 20.8 Å². The van der Waals surface area contributed by atoms with Gasteiger partial charge in [-0.25, -0.2) is 4.39 Å². The van der Waals surface area contributed by atoms with Crippen LogP contribution in [0.4, 0.5) is 4.39 Å². The van der Waals surface area contributed by atoms with Crippen LogP contribution < -0.4 is 10.6 Å². The van der Waals surface area contributed by atoms with Crippen LogP contribution in [0.2, 0.25) is 0 Å². The summed E-state index contributed by atoms with van der Waals surface area (Å²) in [5.74, 6) is -1.28. The Labute approximate surface area is 170 Å². The van der Waals surface area contributed by atoms with Gasteiger partial charge in [-0.3, -0.25) is 9.59 Å². The summed E-state index contributed by atoms with van der Waals surface area (Å²) in [6.07, 6.45) is 1.87. The highest BCUT2D eigenvalue weighted by Gasteiger charge is 2.25. The van der Waals surface area contributed by atoms with Crippen molar-refractivity contribution in [2.45, 2.75) is 46.6 Å². The Morgan fingerprint density at radius 3 is 2.34 bits per heavy atom. The van der Waals surface area contributed by atoms with E-state index in [9.17, 15) is 19.1 Å². The first-order valence-corrected chi connectivity index (χ1v) is 9.78. The van der Waals surface area contributed by atoms with Crippen LogP contribution in [-0.2, 0) is 0 Å². The zero-order chi connectivity index (χ0) is 21.3. The van der Waals surface area contributed by atoms with E-state index in [1.54, 1.807) is 25.1 Å². The van der Waals surface area contributed by atoms with E-state index in [0.717, 1.165) is 12.8 Å². The maximum Gasteiger partial charge on any atom is 0.251 e. The number of carbonyl (C=O) groups excluding carboxylic acids is 2. The standard InChI is InChI=1S/C23H27FN2O3/c1-13-18(9-15(10-19(13)24)22(29)26-16-6-7-16)17-8-5-14(11-20(17)27)21(28)25-12-23(2,3)4/h5,8-11,16,27H,6-7,12H2,1-4H3,(H,25,28)(H,26,29). The molecule has 1 aliphatic rings. The number of halogens is 1. The normalized spacial score (nSPS) is 13.8. The van der Waals surface area contributed by atoms with E-state index in [2.05, 4.69) is 10.6 Å². The molecule has 0 unspecified atom stereocenters. The lowest BCUT2D eigenvalue weighted by molar-refractivity contribution is 0.0935. The van der Waals surface area contributed by atoms with Gasteiger partial charge >= 0.3 is 0 Å². The number of phenols is 1. The first kappa shape index (κ1) is 20.8. The Bertz CT molecular complexity index is 959. The first-order chi connectivity index (χ1) is 13.5. The number of aromatic hydroxyl groups is 1. The average Bonchev–Trinajstić information content (AvgIpc) is 3.45. The van der Waals surface area contributed by atoms with Crippen molar-refractivity contribution >= 4 is 11.8 Å². The van der Waals surface area contributed by atoms with Gasteiger partial charge in [0.2, 0.25) is 0 Å². The second-order valence-electron chi connectivity index (χ2n) is 8.85. The molecule has 0 atom stereocenters. The number of amides is 2. The van der Waals surface area contributed by atoms with E-state index < -0.39 is 5.82 Å². The van der Waals surface area contributed by atoms with Crippen LogP contribution in [0.15, 0.2) is 30.3 Å². The topological polar surface area (TPSA) is 78.4 Å². The maximum absolute atomic E-state index is 14.5. The summed E-state index contributed by atoms with van der Waals surface area (Å²) in [6, 6.07) is 7.47. The summed E-state index contributed by atoms with van der Waals surface area (Å²) in [6.45, 7) is 8.13. The number of nitrogens with one attached hydrogen (secondary N) is 2. The summed E-state index contributed by atoms with van der Waals surface area (Å²) in [5, 5.41) is 16.2. The van der Waals surface area contributed by atoms with E-state index in [1.165, 1.54) is 12.1 Å². The van der Waals surface area contributed by atoms with E-state index in [0.29, 0.717) is 28.8 Å². The minimum absolute atomic E-state index is 0.0617. The van der Waals surface area contributed by atoms with Gasteiger partial charge in [0.15, 0.2) is 0 Å². The van der Waals surface area contributed by atoms with Crippen LogP contribution in [0.1, 0.15) is 59.9 Å². The molecule has 0 aromatic heterocycles. The fourth-order valence-electron chi connectivity index (χ4n) is 2.93. The van der Waals surface area contributed by atoms with Crippen molar-refractivity contribution in [2.24, 2.45) is 5.41 Å². The molecule has 2 amide bonds. The van der Waals surface area contributed by atoms with Crippen molar-refractivity contribution in [2.75, 3.05) is 6.54 Å². The molecule has 1 fully saturated rings. The molecular weight excluding hydrogens is 371 g/mol. The van der Waals surface area contributed by atoms with Crippen LogP contribution in [0.5, 0.6) is 5.75 Å². The molecule has 0 spiro atoms. The highest BCUT2D eigenvalue weighted by Crippen LogP contribution is 2.34. The van der Waals surface area contributed by atoms with Crippen molar-refractivity contribution in [1.82, 2.24) is 10.6 Å². The Kier molecular flexibility index (Phi) is 5.64. The zero-order valence-corrected chi connectivity index (χ0v) is 17.2. The molecular formula is C23H27FN2O3. The number of phenolic OH excluding ortho intramolecular Hbond substituents is 1. The van der Waals surface area contributed by atoms with Crippen LogP contribution >= 0.6 is 0 Å². The SMILES string of the molecule is Cc1c(F)cc(C(=O)NC2CC2)cc1-c1ccc(C(=O)NCC(C)(C)C)cc1O. The molecule has 0 aliphatic heterocycles.